The van der Waals surface area contributed by atoms with Crippen molar-refractivity contribution >= 4 is 27.6 Å². The average Bonchev–Trinajstić information content (AvgIpc) is 2.66. The van der Waals surface area contributed by atoms with Crippen LogP contribution < -0.4 is 0 Å². The third-order valence-corrected chi connectivity index (χ3v) is 5.51. The molecule has 1 saturated heterocycles. The zero-order chi connectivity index (χ0) is 21.4. The quantitative estimate of drug-likeness (QED) is 0.721. The fourth-order valence-electron chi connectivity index (χ4n) is 2.88. The predicted molar refractivity (Wildman–Crippen MR) is 98.4 cm³/mol. The number of carbonyl (C=O) groups is 1. The summed E-state index contributed by atoms with van der Waals surface area (Å²) in [6.45, 7) is 1.57. The van der Waals surface area contributed by atoms with E-state index >= 15 is 0 Å². The Bertz CT molecular complexity index is 1050. The summed E-state index contributed by atoms with van der Waals surface area (Å²) >= 11 is 6.18. The summed E-state index contributed by atoms with van der Waals surface area (Å²) in [7, 11) is -4.87. The van der Waals surface area contributed by atoms with Gasteiger partial charge in [-0.15, -0.1) is 0 Å². The lowest BCUT2D eigenvalue weighted by Gasteiger charge is -2.27. The second-order valence-electron chi connectivity index (χ2n) is 6.32. The molecule has 0 aromatic heterocycles. The van der Waals surface area contributed by atoms with Crippen LogP contribution in [-0.2, 0) is 21.0 Å². The maximum Gasteiger partial charge on any atom is 0.416 e. The van der Waals surface area contributed by atoms with Crippen molar-refractivity contribution in [1.29, 1.82) is 0 Å². The number of nitrogens with zero attached hydrogens (tertiary/aromatic N) is 1. The Morgan fingerprint density at radius 1 is 1.07 bits per heavy atom. The largest absolute Gasteiger partial charge is 0.416 e. The SMILES string of the molecule is O=C(c1ccc(-c2cc(C(F)(F)F)cc(S(=O)(=O)O)c2)cc1Cl)N1CCOCC1. The molecule has 0 atom stereocenters. The molecule has 11 heteroatoms. The Labute approximate surface area is 169 Å². The first-order valence-corrected chi connectivity index (χ1v) is 10.2. The van der Waals surface area contributed by atoms with Gasteiger partial charge in [-0.2, -0.15) is 21.6 Å². The van der Waals surface area contributed by atoms with Crippen molar-refractivity contribution in [3.8, 4) is 11.1 Å². The van der Waals surface area contributed by atoms with Crippen molar-refractivity contribution in [1.82, 2.24) is 4.90 Å². The van der Waals surface area contributed by atoms with Gasteiger partial charge in [0.15, 0.2) is 0 Å². The first-order valence-electron chi connectivity index (χ1n) is 8.33. The number of ether oxygens (including phenoxy) is 1. The molecule has 1 amide bonds. The normalized spacial score (nSPS) is 15.4. The van der Waals surface area contributed by atoms with E-state index < -0.39 is 26.8 Å². The Morgan fingerprint density at radius 2 is 1.72 bits per heavy atom. The molecule has 1 fully saturated rings. The first kappa shape index (κ1) is 21.6. The van der Waals surface area contributed by atoms with E-state index in [0.717, 1.165) is 12.1 Å². The number of morpholine rings is 1. The van der Waals surface area contributed by atoms with Crippen LogP contribution in [0.4, 0.5) is 13.2 Å². The van der Waals surface area contributed by atoms with Crippen LogP contribution in [0, 0.1) is 0 Å². The summed E-state index contributed by atoms with van der Waals surface area (Å²) < 4.78 is 76.6. The molecule has 0 aliphatic carbocycles. The monoisotopic (exact) mass is 449 g/mol. The van der Waals surface area contributed by atoms with Crippen LogP contribution in [0.3, 0.4) is 0 Å². The molecular formula is C18H15ClF3NO5S. The standard InChI is InChI=1S/C18H15ClF3NO5S/c19-16-9-11(1-2-15(16)17(24)23-3-5-28-6-4-23)12-7-13(18(20,21)22)10-14(8-12)29(25,26)27/h1-2,7-10H,3-6H2,(H,25,26,27). The minimum absolute atomic E-state index is 0.00445. The summed E-state index contributed by atoms with van der Waals surface area (Å²) in [6.07, 6.45) is -4.83. The van der Waals surface area contributed by atoms with Gasteiger partial charge < -0.3 is 9.64 Å². The third-order valence-electron chi connectivity index (χ3n) is 4.36. The van der Waals surface area contributed by atoms with E-state index in [0.29, 0.717) is 32.4 Å². The smallest absolute Gasteiger partial charge is 0.378 e. The average molecular weight is 450 g/mol. The zero-order valence-corrected chi connectivity index (χ0v) is 16.3. The van der Waals surface area contributed by atoms with Crippen LogP contribution in [0.1, 0.15) is 15.9 Å². The van der Waals surface area contributed by atoms with Crippen molar-refractivity contribution in [2.45, 2.75) is 11.1 Å². The van der Waals surface area contributed by atoms with E-state index in [1.54, 1.807) is 4.90 Å². The molecule has 0 unspecified atom stereocenters. The van der Waals surface area contributed by atoms with Crippen molar-refractivity contribution in [3.63, 3.8) is 0 Å². The van der Waals surface area contributed by atoms with Crippen LogP contribution in [-0.4, -0.2) is 50.1 Å². The van der Waals surface area contributed by atoms with Crippen LogP contribution >= 0.6 is 11.6 Å². The van der Waals surface area contributed by atoms with E-state index in [-0.39, 0.29) is 27.6 Å². The lowest BCUT2D eigenvalue weighted by Crippen LogP contribution is -2.40. The highest BCUT2D eigenvalue weighted by molar-refractivity contribution is 7.85. The maximum atomic E-state index is 13.1. The summed E-state index contributed by atoms with van der Waals surface area (Å²) in [5.74, 6) is -0.340. The molecule has 2 aromatic carbocycles. The number of halogens is 4. The highest BCUT2D eigenvalue weighted by Gasteiger charge is 2.32. The van der Waals surface area contributed by atoms with Crippen molar-refractivity contribution in [2.75, 3.05) is 26.3 Å². The summed E-state index contributed by atoms with van der Waals surface area (Å²) in [6, 6.07) is 5.99. The lowest BCUT2D eigenvalue weighted by molar-refractivity contribution is -0.137. The summed E-state index contributed by atoms with van der Waals surface area (Å²) in [4.78, 5) is 13.2. The molecule has 1 N–H and O–H groups in total. The highest BCUT2D eigenvalue weighted by atomic mass is 35.5. The van der Waals surface area contributed by atoms with E-state index in [2.05, 4.69) is 0 Å². The van der Waals surface area contributed by atoms with Gasteiger partial charge in [-0.1, -0.05) is 17.7 Å². The lowest BCUT2D eigenvalue weighted by atomic mass is 10.0. The fraction of sp³-hybridized carbons (Fsp3) is 0.278. The molecule has 0 radical (unpaired) electrons. The molecule has 29 heavy (non-hydrogen) atoms. The Morgan fingerprint density at radius 3 is 2.28 bits per heavy atom. The van der Waals surface area contributed by atoms with E-state index in [9.17, 15) is 30.9 Å². The number of carbonyl (C=O) groups excluding carboxylic acids is 1. The molecule has 2 aromatic rings. The number of benzene rings is 2. The van der Waals surface area contributed by atoms with Gasteiger partial charge in [0.1, 0.15) is 0 Å². The van der Waals surface area contributed by atoms with Gasteiger partial charge in [-0.05, 0) is 41.5 Å². The Kier molecular flexibility index (Phi) is 5.91. The van der Waals surface area contributed by atoms with E-state index in [1.165, 1.54) is 18.2 Å². The third kappa shape index (κ3) is 4.89. The van der Waals surface area contributed by atoms with E-state index in [4.69, 9.17) is 16.3 Å². The second kappa shape index (κ2) is 7.94. The molecule has 1 heterocycles. The molecule has 156 valence electrons. The zero-order valence-electron chi connectivity index (χ0n) is 14.7. The molecule has 6 nitrogen and oxygen atoms in total. The summed E-state index contributed by atoms with van der Waals surface area (Å²) in [5, 5.41) is 0.00445. The van der Waals surface area contributed by atoms with Gasteiger partial charge in [0.05, 0.1) is 34.3 Å². The minimum atomic E-state index is -4.87. The van der Waals surface area contributed by atoms with Crippen LogP contribution in [0.25, 0.3) is 11.1 Å². The topological polar surface area (TPSA) is 83.9 Å². The van der Waals surface area contributed by atoms with Gasteiger partial charge in [-0.25, -0.2) is 0 Å². The maximum absolute atomic E-state index is 13.1. The van der Waals surface area contributed by atoms with Gasteiger partial charge in [0.2, 0.25) is 0 Å². The van der Waals surface area contributed by atoms with Gasteiger partial charge in [-0.3, -0.25) is 9.35 Å². The molecule has 0 saturated carbocycles. The van der Waals surface area contributed by atoms with Gasteiger partial charge >= 0.3 is 6.18 Å². The van der Waals surface area contributed by atoms with E-state index in [1.807, 2.05) is 0 Å². The molecule has 1 aliphatic rings. The molecule has 1 aliphatic heterocycles. The molecule has 0 bridgehead atoms. The Hall–Kier alpha value is -2.14. The van der Waals surface area contributed by atoms with Crippen molar-refractivity contribution in [2.24, 2.45) is 0 Å². The highest BCUT2D eigenvalue weighted by Crippen LogP contribution is 2.35. The number of alkyl halides is 3. The number of hydrogen-bond acceptors (Lipinski definition) is 4. The van der Waals surface area contributed by atoms with Gasteiger partial charge in [0, 0.05) is 13.1 Å². The summed E-state index contributed by atoms with van der Waals surface area (Å²) in [5.41, 5.74) is -1.05. The predicted octanol–water partition coefficient (Wildman–Crippen LogP) is 3.74. The van der Waals surface area contributed by atoms with Crippen LogP contribution in [0.5, 0.6) is 0 Å². The number of rotatable bonds is 3. The Balaban J connectivity index is 2.02. The van der Waals surface area contributed by atoms with Crippen LogP contribution in [0.15, 0.2) is 41.3 Å². The second-order valence-corrected chi connectivity index (χ2v) is 8.15. The molecule has 0 spiro atoms. The number of amides is 1. The number of hydrogen-bond donors (Lipinski definition) is 1. The van der Waals surface area contributed by atoms with Crippen molar-refractivity contribution < 1.29 is 35.7 Å². The molecule has 3 rings (SSSR count). The fourth-order valence-corrected chi connectivity index (χ4v) is 3.70. The first-order chi connectivity index (χ1) is 13.5. The molecular weight excluding hydrogens is 435 g/mol. The van der Waals surface area contributed by atoms with Gasteiger partial charge in [0.25, 0.3) is 16.0 Å². The van der Waals surface area contributed by atoms with Crippen LogP contribution in [0.2, 0.25) is 5.02 Å². The van der Waals surface area contributed by atoms with Crippen molar-refractivity contribution in [3.05, 3.63) is 52.5 Å². The minimum Gasteiger partial charge on any atom is -0.378 e.